The van der Waals surface area contributed by atoms with Crippen LogP contribution in [-0.2, 0) is 10.2 Å². The first-order valence-corrected chi connectivity index (χ1v) is 17.7. The summed E-state index contributed by atoms with van der Waals surface area (Å²) in [4.78, 5) is 2.25. The van der Waals surface area contributed by atoms with Crippen molar-refractivity contribution in [1.29, 1.82) is 0 Å². The molecule has 0 saturated carbocycles. The van der Waals surface area contributed by atoms with Gasteiger partial charge < -0.3 is 9.64 Å². The van der Waals surface area contributed by atoms with Gasteiger partial charge in [0.2, 0.25) is 0 Å². The molecule has 1 atom stereocenters. The van der Waals surface area contributed by atoms with E-state index < -0.39 is 0 Å². The third-order valence-corrected chi connectivity index (χ3v) is 8.75. The lowest BCUT2D eigenvalue weighted by Gasteiger charge is -2.34. The predicted octanol–water partition coefficient (Wildman–Crippen LogP) is 13.8. The molecule has 1 heterocycles. The summed E-state index contributed by atoms with van der Waals surface area (Å²) >= 11 is 0. The highest BCUT2D eigenvalue weighted by atomic mass is 16.5. The molecule has 5 aromatic carbocycles. The molecule has 0 spiro atoms. The van der Waals surface area contributed by atoms with Crippen molar-refractivity contribution in [3.63, 3.8) is 0 Å². The number of para-hydroxylation sites is 3. The second-order valence-electron chi connectivity index (χ2n) is 11.9. The minimum Gasteiger partial charge on any atom is -0.466 e. The molecule has 2 heteroatoms. The molecule has 1 aliphatic rings. The van der Waals surface area contributed by atoms with E-state index >= 15 is 0 Å². The largest absolute Gasteiger partial charge is 0.466 e. The lowest BCUT2D eigenvalue weighted by Crippen LogP contribution is -2.27. The summed E-state index contributed by atoms with van der Waals surface area (Å²) in [6.45, 7) is 14.7. The molecule has 2 nitrogen and oxygen atoms in total. The topological polar surface area (TPSA) is 12.5 Å². The molecule has 0 fully saturated rings. The fourth-order valence-electron chi connectivity index (χ4n) is 6.32. The molecule has 0 radical (unpaired) electrons. The third kappa shape index (κ3) is 10.1. The summed E-state index contributed by atoms with van der Waals surface area (Å²) < 4.78 is 6.10. The fraction of sp³-hybridized carbons (Fsp3) is 0.184. The normalized spacial score (nSPS) is 14.1. The fourth-order valence-corrected chi connectivity index (χ4v) is 6.32. The van der Waals surface area contributed by atoms with Crippen LogP contribution in [0.15, 0.2) is 193 Å². The molecule has 6 rings (SSSR count). The number of ether oxygens (including phenoxy) is 1. The molecule has 260 valence electrons. The average molecular weight is 672 g/mol. The first-order chi connectivity index (χ1) is 25.0. The highest BCUT2D eigenvalue weighted by Gasteiger charge is 2.34. The van der Waals surface area contributed by atoms with Crippen LogP contribution in [0.1, 0.15) is 64.7 Å². The molecule has 0 bridgehead atoms. The molecule has 1 aliphatic heterocycles. The van der Waals surface area contributed by atoms with E-state index in [0.717, 1.165) is 17.9 Å². The third-order valence-electron chi connectivity index (χ3n) is 8.75. The second kappa shape index (κ2) is 20.7. The Bertz CT molecular complexity index is 1800. The van der Waals surface area contributed by atoms with Crippen molar-refractivity contribution in [2.75, 3.05) is 4.90 Å². The quantitative estimate of drug-likeness (QED) is 0.152. The Morgan fingerprint density at radius 3 is 1.51 bits per heavy atom. The van der Waals surface area contributed by atoms with Gasteiger partial charge in [-0.25, -0.2) is 0 Å². The van der Waals surface area contributed by atoms with E-state index in [4.69, 9.17) is 4.74 Å². The number of nitrogens with zero attached hydrogens (tertiary/aromatic N) is 1. The van der Waals surface area contributed by atoms with Crippen LogP contribution in [0.4, 0.5) is 17.1 Å². The molecule has 0 saturated heterocycles. The SMILES string of the molecule is C#C.C/C=C\C1=C(C)O/C(=C/C(=C\C)C(C)(c2ccccc2)c2ccccc2C)C1.CC.c1ccc(N(c2ccccc2)c2ccccc2)cc1. The summed E-state index contributed by atoms with van der Waals surface area (Å²) in [7, 11) is 0. The smallest absolute Gasteiger partial charge is 0.108 e. The Morgan fingerprint density at radius 2 is 1.08 bits per heavy atom. The van der Waals surface area contributed by atoms with Gasteiger partial charge in [-0.3, -0.25) is 0 Å². The van der Waals surface area contributed by atoms with Gasteiger partial charge in [0.15, 0.2) is 0 Å². The lowest BCUT2D eigenvalue weighted by atomic mass is 9.69. The Balaban J connectivity index is 0.000000265. The van der Waals surface area contributed by atoms with Crippen molar-refractivity contribution in [1.82, 2.24) is 0 Å². The molecule has 51 heavy (non-hydrogen) atoms. The monoisotopic (exact) mass is 671 g/mol. The van der Waals surface area contributed by atoms with Crippen molar-refractivity contribution < 1.29 is 4.74 Å². The predicted molar refractivity (Wildman–Crippen MR) is 221 cm³/mol. The van der Waals surface area contributed by atoms with E-state index in [0.29, 0.717) is 0 Å². The minimum atomic E-state index is -0.255. The van der Waals surface area contributed by atoms with E-state index in [2.05, 4.69) is 190 Å². The maximum absolute atomic E-state index is 6.10. The maximum Gasteiger partial charge on any atom is 0.108 e. The van der Waals surface area contributed by atoms with E-state index in [-0.39, 0.29) is 5.41 Å². The summed E-state index contributed by atoms with van der Waals surface area (Å²) in [5, 5.41) is 0. The van der Waals surface area contributed by atoms with E-state index in [9.17, 15) is 0 Å². The van der Waals surface area contributed by atoms with E-state index in [1.54, 1.807) is 0 Å². The lowest BCUT2D eigenvalue weighted by molar-refractivity contribution is 0.324. The van der Waals surface area contributed by atoms with Gasteiger partial charge in [-0.05, 0) is 105 Å². The first kappa shape index (κ1) is 39.7. The van der Waals surface area contributed by atoms with Crippen molar-refractivity contribution in [2.24, 2.45) is 0 Å². The zero-order valence-corrected chi connectivity index (χ0v) is 31.4. The van der Waals surface area contributed by atoms with E-state index in [1.165, 1.54) is 44.9 Å². The van der Waals surface area contributed by atoms with Gasteiger partial charge in [0.1, 0.15) is 11.5 Å². The van der Waals surface area contributed by atoms with Gasteiger partial charge in [0.25, 0.3) is 0 Å². The Hall–Kier alpha value is -5.78. The highest BCUT2D eigenvalue weighted by Crippen LogP contribution is 2.42. The van der Waals surface area contributed by atoms with Crippen molar-refractivity contribution in [3.05, 3.63) is 209 Å². The molecular weight excluding hydrogens is 619 g/mol. The van der Waals surface area contributed by atoms with Gasteiger partial charge in [0.05, 0.1) is 0 Å². The molecule has 0 N–H and O–H groups in total. The molecule has 1 unspecified atom stereocenters. The van der Waals surface area contributed by atoms with Crippen LogP contribution in [0.5, 0.6) is 0 Å². The minimum absolute atomic E-state index is 0.255. The number of anilines is 3. The number of rotatable bonds is 8. The van der Waals surface area contributed by atoms with Gasteiger partial charge >= 0.3 is 0 Å². The molecule has 0 aliphatic carbocycles. The van der Waals surface area contributed by atoms with Crippen LogP contribution < -0.4 is 4.90 Å². The summed E-state index contributed by atoms with van der Waals surface area (Å²) in [6, 6.07) is 50.7. The van der Waals surface area contributed by atoms with Gasteiger partial charge in [-0.15, -0.1) is 12.8 Å². The van der Waals surface area contributed by atoms with Crippen LogP contribution in [0.3, 0.4) is 0 Å². The summed E-state index contributed by atoms with van der Waals surface area (Å²) in [6.07, 6.45) is 17.5. The number of terminal acetylenes is 1. The number of hydrogen-bond acceptors (Lipinski definition) is 2. The number of hydrogen-bond donors (Lipinski definition) is 0. The van der Waals surface area contributed by atoms with Crippen LogP contribution in [-0.4, -0.2) is 0 Å². The number of allylic oxidation sites excluding steroid dienone is 7. The zero-order chi connectivity index (χ0) is 37.1. The highest BCUT2D eigenvalue weighted by molar-refractivity contribution is 5.76. The van der Waals surface area contributed by atoms with Crippen LogP contribution in [0.25, 0.3) is 0 Å². The Labute approximate surface area is 308 Å². The summed E-state index contributed by atoms with van der Waals surface area (Å²) in [5.41, 5.74) is 9.64. The second-order valence-corrected chi connectivity index (χ2v) is 11.9. The van der Waals surface area contributed by atoms with Crippen LogP contribution >= 0.6 is 0 Å². The number of aryl methyl sites for hydroxylation is 1. The van der Waals surface area contributed by atoms with Crippen molar-refractivity contribution in [3.8, 4) is 12.8 Å². The van der Waals surface area contributed by atoms with Crippen LogP contribution in [0.2, 0.25) is 0 Å². The zero-order valence-electron chi connectivity index (χ0n) is 31.4. The van der Waals surface area contributed by atoms with Gasteiger partial charge in [-0.2, -0.15) is 0 Å². The number of benzene rings is 5. The molecular formula is C49H53NO. The molecule has 0 amide bonds. The van der Waals surface area contributed by atoms with E-state index in [1.807, 2.05) is 45.9 Å². The molecule has 5 aromatic rings. The van der Waals surface area contributed by atoms with Gasteiger partial charge in [-0.1, -0.05) is 141 Å². The van der Waals surface area contributed by atoms with Crippen molar-refractivity contribution in [2.45, 2.75) is 60.3 Å². The van der Waals surface area contributed by atoms with Gasteiger partial charge in [0, 0.05) is 28.9 Å². The Morgan fingerprint density at radius 1 is 0.647 bits per heavy atom. The average Bonchev–Trinajstić information content (AvgIpc) is 3.55. The van der Waals surface area contributed by atoms with Crippen molar-refractivity contribution >= 4 is 17.1 Å². The standard InChI is InChI=1S/C27H30O.C18H15N.C2H6.C2H2/c1-6-13-22-18-25(28-21(22)4)19-23(7-2)27(5,24-15-9-8-10-16-24)26-17-12-11-14-20(26)3;1-4-10-16(11-5-1)19(17-12-6-2-7-13-17)18-14-8-3-9-15-18;2*1-2/h6-17,19H,18H2,1-5H3;1-15H;1-2H3;1-2H/b13-6-,23-7+,25-19+;;;. The first-order valence-electron chi connectivity index (χ1n) is 17.7. The summed E-state index contributed by atoms with van der Waals surface area (Å²) in [5.74, 6) is 2.01. The maximum atomic E-state index is 6.10. The molecule has 0 aromatic heterocycles. The van der Waals surface area contributed by atoms with Crippen LogP contribution in [0, 0.1) is 19.8 Å². The Kier molecular flexibility index (Phi) is 16.1.